The average Bonchev–Trinajstić information content (AvgIpc) is 2.16. The minimum Gasteiger partial charge on any atom is -0.496 e. The molecular weight excluding hydrogens is 166 g/mol. The molecule has 0 N–H and O–H groups in total. The lowest BCUT2D eigenvalue weighted by atomic mass is 9.79. The first kappa shape index (κ1) is 10.1. The van der Waals surface area contributed by atoms with Gasteiger partial charge in [0, 0.05) is 0 Å². The van der Waals surface area contributed by atoms with E-state index < -0.39 is 0 Å². The third kappa shape index (κ3) is 2.23. The van der Waals surface area contributed by atoms with Gasteiger partial charge < -0.3 is 4.74 Å². The Morgan fingerprint density at radius 3 is 2.77 bits per heavy atom. The maximum Gasteiger partial charge on any atom is 0.123 e. The number of rotatable bonds is 3. The summed E-state index contributed by atoms with van der Waals surface area (Å²) in [6, 6.07) is 4.39. The van der Waals surface area contributed by atoms with Crippen molar-refractivity contribution in [2.75, 3.05) is 7.11 Å². The van der Waals surface area contributed by atoms with E-state index in [1.807, 2.05) is 6.92 Å². The standard InChI is InChI=1S/C10H12BFO/c1-3-9(11)8-6-7(12)4-5-10(8)13-2/h4-6,9H,3H2,1-2H3/t9-/m0/s1. The van der Waals surface area contributed by atoms with Crippen molar-refractivity contribution in [2.45, 2.75) is 19.2 Å². The fourth-order valence-electron chi connectivity index (χ4n) is 1.21. The third-order valence-corrected chi connectivity index (χ3v) is 2.03. The van der Waals surface area contributed by atoms with E-state index in [0.717, 1.165) is 12.0 Å². The van der Waals surface area contributed by atoms with E-state index in [4.69, 9.17) is 12.6 Å². The number of benzene rings is 1. The van der Waals surface area contributed by atoms with Crippen molar-refractivity contribution in [3.63, 3.8) is 0 Å². The first-order chi connectivity index (χ1) is 6.19. The largest absolute Gasteiger partial charge is 0.496 e. The van der Waals surface area contributed by atoms with Gasteiger partial charge in [0.25, 0.3) is 0 Å². The number of halogens is 1. The summed E-state index contributed by atoms with van der Waals surface area (Å²) >= 11 is 0. The zero-order valence-corrected chi connectivity index (χ0v) is 7.88. The predicted molar refractivity (Wildman–Crippen MR) is 51.7 cm³/mol. The monoisotopic (exact) mass is 178 g/mol. The Bertz CT molecular complexity index is 288. The van der Waals surface area contributed by atoms with Crippen LogP contribution in [-0.2, 0) is 0 Å². The molecule has 1 aromatic rings. The lowest BCUT2D eigenvalue weighted by Crippen LogP contribution is -2.00. The summed E-state index contributed by atoms with van der Waals surface area (Å²) < 4.78 is 17.9. The van der Waals surface area contributed by atoms with Gasteiger partial charge in [-0.05, 0) is 29.6 Å². The average molecular weight is 178 g/mol. The molecule has 0 saturated heterocycles. The zero-order valence-electron chi connectivity index (χ0n) is 7.88. The van der Waals surface area contributed by atoms with Crippen molar-refractivity contribution in [1.29, 1.82) is 0 Å². The van der Waals surface area contributed by atoms with Crippen LogP contribution in [0.2, 0.25) is 0 Å². The quantitative estimate of drug-likeness (QED) is 0.646. The van der Waals surface area contributed by atoms with Gasteiger partial charge in [-0.2, -0.15) is 0 Å². The first-order valence-electron chi connectivity index (χ1n) is 4.28. The molecule has 0 aromatic heterocycles. The fourth-order valence-corrected chi connectivity index (χ4v) is 1.21. The molecule has 68 valence electrons. The van der Waals surface area contributed by atoms with E-state index in [-0.39, 0.29) is 11.6 Å². The molecule has 0 aliphatic carbocycles. The fraction of sp³-hybridized carbons (Fsp3) is 0.400. The molecule has 0 fully saturated rings. The van der Waals surface area contributed by atoms with Gasteiger partial charge in [-0.1, -0.05) is 13.3 Å². The van der Waals surface area contributed by atoms with E-state index in [2.05, 4.69) is 0 Å². The second kappa shape index (κ2) is 4.31. The van der Waals surface area contributed by atoms with Crippen molar-refractivity contribution in [2.24, 2.45) is 0 Å². The molecule has 0 unspecified atom stereocenters. The highest BCUT2D eigenvalue weighted by Crippen LogP contribution is 2.27. The molecule has 0 heterocycles. The van der Waals surface area contributed by atoms with Gasteiger partial charge in [0.15, 0.2) is 0 Å². The Hall–Kier alpha value is -0.985. The van der Waals surface area contributed by atoms with Crippen molar-refractivity contribution in [1.82, 2.24) is 0 Å². The van der Waals surface area contributed by atoms with Crippen LogP contribution in [0.3, 0.4) is 0 Å². The maximum atomic E-state index is 12.9. The van der Waals surface area contributed by atoms with Crippen LogP contribution in [0, 0.1) is 5.82 Å². The van der Waals surface area contributed by atoms with Crippen molar-refractivity contribution in [3.8, 4) is 5.75 Å². The third-order valence-electron chi connectivity index (χ3n) is 2.03. The van der Waals surface area contributed by atoms with Gasteiger partial charge in [0.05, 0.1) is 15.0 Å². The van der Waals surface area contributed by atoms with Crippen LogP contribution in [-0.4, -0.2) is 15.0 Å². The molecule has 1 rings (SSSR count). The molecule has 0 aliphatic rings. The van der Waals surface area contributed by atoms with Crippen molar-refractivity contribution < 1.29 is 9.13 Å². The molecule has 1 nitrogen and oxygen atoms in total. The Morgan fingerprint density at radius 2 is 2.23 bits per heavy atom. The molecule has 2 radical (unpaired) electrons. The Kier molecular flexibility index (Phi) is 3.35. The zero-order chi connectivity index (χ0) is 9.84. The van der Waals surface area contributed by atoms with Gasteiger partial charge in [-0.3, -0.25) is 0 Å². The summed E-state index contributed by atoms with van der Waals surface area (Å²) in [4.78, 5) is 0. The minimum absolute atomic E-state index is 0.161. The molecule has 0 bridgehead atoms. The normalized spacial score (nSPS) is 12.5. The van der Waals surface area contributed by atoms with E-state index in [0.29, 0.717) is 5.75 Å². The number of hydrogen-bond acceptors (Lipinski definition) is 1. The highest BCUT2D eigenvalue weighted by atomic mass is 19.1. The summed E-state index contributed by atoms with van der Waals surface area (Å²) in [5.41, 5.74) is 0.727. The van der Waals surface area contributed by atoms with Crippen molar-refractivity contribution >= 4 is 7.85 Å². The van der Waals surface area contributed by atoms with Crippen LogP contribution in [0.15, 0.2) is 18.2 Å². The molecule has 0 aliphatic heterocycles. The Balaban J connectivity index is 3.07. The SMILES string of the molecule is [B][C@@H](CC)c1cc(F)ccc1OC. The van der Waals surface area contributed by atoms with Crippen LogP contribution in [0.25, 0.3) is 0 Å². The molecule has 1 atom stereocenters. The summed E-state index contributed by atoms with van der Waals surface area (Å²) in [6.07, 6.45) is 0.764. The topological polar surface area (TPSA) is 9.23 Å². The van der Waals surface area contributed by atoms with Crippen LogP contribution < -0.4 is 4.74 Å². The van der Waals surface area contributed by atoms with E-state index in [1.54, 1.807) is 13.2 Å². The van der Waals surface area contributed by atoms with Gasteiger partial charge in [0.1, 0.15) is 11.6 Å². The van der Waals surface area contributed by atoms with Crippen LogP contribution in [0.4, 0.5) is 4.39 Å². The van der Waals surface area contributed by atoms with Gasteiger partial charge in [-0.25, -0.2) is 4.39 Å². The summed E-state index contributed by atoms with van der Waals surface area (Å²) in [5, 5.41) is 0. The highest BCUT2D eigenvalue weighted by Gasteiger charge is 2.09. The second-order valence-corrected chi connectivity index (χ2v) is 2.90. The number of hydrogen-bond donors (Lipinski definition) is 0. The number of methoxy groups -OCH3 is 1. The van der Waals surface area contributed by atoms with Crippen LogP contribution in [0.1, 0.15) is 24.7 Å². The maximum absolute atomic E-state index is 12.9. The Labute approximate surface area is 79.3 Å². The van der Waals surface area contributed by atoms with E-state index in [9.17, 15) is 4.39 Å². The number of ether oxygens (including phenoxy) is 1. The first-order valence-corrected chi connectivity index (χ1v) is 4.28. The Morgan fingerprint density at radius 1 is 1.54 bits per heavy atom. The summed E-state index contributed by atoms with van der Waals surface area (Å²) in [7, 11) is 7.35. The molecule has 0 spiro atoms. The van der Waals surface area contributed by atoms with E-state index in [1.165, 1.54) is 12.1 Å². The predicted octanol–water partition coefficient (Wildman–Crippen LogP) is 2.45. The minimum atomic E-state index is -0.278. The smallest absolute Gasteiger partial charge is 0.123 e. The van der Waals surface area contributed by atoms with Crippen LogP contribution >= 0.6 is 0 Å². The van der Waals surface area contributed by atoms with Crippen LogP contribution in [0.5, 0.6) is 5.75 Å². The van der Waals surface area contributed by atoms with Gasteiger partial charge in [0.2, 0.25) is 0 Å². The second-order valence-electron chi connectivity index (χ2n) is 2.90. The summed E-state index contributed by atoms with van der Waals surface area (Å²) in [6.45, 7) is 1.95. The van der Waals surface area contributed by atoms with Gasteiger partial charge in [-0.15, -0.1) is 0 Å². The van der Waals surface area contributed by atoms with Gasteiger partial charge >= 0.3 is 0 Å². The highest BCUT2D eigenvalue weighted by molar-refractivity contribution is 6.12. The summed E-state index contributed by atoms with van der Waals surface area (Å²) in [5.74, 6) is 0.209. The molecule has 13 heavy (non-hydrogen) atoms. The molecule has 0 saturated carbocycles. The lowest BCUT2D eigenvalue weighted by Gasteiger charge is -2.13. The molecule has 3 heteroatoms. The molecule has 0 amide bonds. The van der Waals surface area contributed by atoms with Crippen molar-refractivity contribution in [3.05, 3.63) is 29.6 Å². The molecule has 1 aromatic carbocycles. The molecular formula is C10H12BFO. The lowest BCUT2D eigenvalue weighted by molar-refractivity contribution is 0.407. The van der Waals surface area contributed by atoms with E-state index >= 15 is 0 Å².